The van der Waals surface area contributed by atoms with E-state index in [1.54, 1.807) is 0 Å². The molecule has 3 atom stereocenters. The number of hydrogen-bond donors (Lipinski definition) is 0. The first kappa shape index (κ1) is 15.8. The lowest BCUT2D eigenvalue weighted by Crippen LogP contribution is -2.40. The first-order chi connectivity index (χ1) is 11.7. The number of aromatic nitrogens is 2. The van der Waals surface area contributed by atoms with Crippen LogP contribution in [0, 0.1) is 12.8 Å². The maximum absolute atomic E-state index is 12.9. The Bertz CT molecular complexity index is 738. The molecule has 128 valence electrons. The van der Waals surface area contributed by atoms with Gasteiger partial charge in [-0.2, -0.15) is 4.98 Å². The zero-order valence-corrected chi connectivity index (χ0v) is 15.0. The van der Waals surface area contributed by atoms with Crippen molar-refractivity contribution in [3.63, 3.8) is 0 Å². The highest BCUT2D eigenvalue weighted by Crippen LogP contribution is 2.50. The number of hydrogen-bond acceptors (Lipinski definition) is 5. The van der Waals surface area contributed by atoms with Gasteiger partial charge in [-0.15, -0.1) is 11.3 Å². The largest absolute Gasteiger partial charge is 0.342 e. The number of piperidine rings is 1. The van der Waals surface area contributed by atoms with E-state index >= 15 is 0 Å². The van der Waals surface area contributed by atoms with E-state index in [-0.39, 0.29) is 11.8 Å². The molecule has 2 aromatic rings. The zero-order chi connectivity index (χ0) is 16.7. The summed E-state index contributed by atoms with van der Waals surface area (Å²) in [5, 5.41) is 4.11. The van der Waals surface area contributed by atoms with Gasteiger partial charge in [0.15, 0.2) is 5.82 Å². The number of carbonyl (C=O) groups excluding carboxylic acids is 1. The van der Waals surface area contributed by atoms with Crippen LogP contribution in [0.25, 0.3) is 0 Å². The third-order valence-electron chi connectivity index (χ3n) is 5.12. The summed E-state index contributed by atoms with van der Waals surface area (Å²) in [5.74, 6) is 2.60. The summed E-state index contributed by atoms with van der Waals surface area (Å²) in [6.45, 7) is 5.72. The van der Waals surface area contributed by atoms with Crippen molar-refractivity contribution in [2.75, 3.05) is 13.1 Å². The molecule has 0 bridgehead atoms. The molecule has 0 N–H and O–H groups in total. The summed E-state index contributed by atoms with van der Waals surface area (Å²) < 4.78 is 5.24. The van der Waals surface area contributed by atoms with Crippen LogP contribution in [0.4, 0.5) is 0 Å². The number of rotatable bonds is 4. The quantitative estimate of drug-likeness (QED) is 0.851. The third kappa shape index (κ3) is 2.99. The van der Waals surface area contributed by atoms with Gasteiger partial charge < -0.3 is 9.42 Å². The van der Waals surface area contributed by atoms with Gasteiger partial charge in [-0.1, -0.05) is 12.1 Å². The number of likely N-dealkylation sites (tertiary alicyclic amines) is 1. The molecule has 5 nitrogen and oxygen atoms in total. The Morgan fingerprint density at radius 2 is 2.33 bits per heavy atom. The molecule has 2 fully saturated rings. The summed E-state index contributed by atoms with van der Waals surface area (Å²) in [6.07, 6.45) is 3.81. The van der Waals surface area contributed by atoms with Crippen molar-refractivity contribution in [3.8, 4) is 0 Å². The van der Waals surface area contributed by atoms with Crippen LogP contribution in [0.5, 0.6) is 0 Å². The van der Waals surface area contributed by atoms with E-state index in [0.717, 1.165) is 44.6 Å². The summed E-state index contributed by atoms with van der Waals surface area (Å²) in [5.41, 5.74) is 0. The van der Waals surface area contributed by atoms with Crippen LogP contribution in [-0.2, 0) is 11.2 Å². The monoisotopic (exact) mass is 345 g/mol. The molecule has 2 aliphatic rings. The van der Waals surface area contributed by atoms with E-state index < -0.39 is 0 Å². The van der Waals surface area contributed by atoms with Gasteiger partial charge in [0, 0.05) is 47.0 Å². The smallest absolute Gasteiger partial charge is 0.226 e. The Morgan fingerprint density at radius 3 is 3.04 bits per heavy atom. The van der Waals surface area contributed by atoms with E-state index in [2.05, 4.69) is 29.2 Å². The van der Waals surface area contributed by atoms with E-state index in [4.69, 9.17) is 4.52 Å². The van der Waals surface area contributed by atoms with Crippen LogP contribution in [0.2, 0.25) is 0 Å². The third-order valence-corrected chi connectivity index (χ3v) is 6.25. The van der Waals surface area contributed by atoms with Crippen LogP contribution < -0.4 is 0 Å². The maximum Gasteiger partial charge on any atom is 0.226 e. The topological polar surface area (TPSA) is 59.2 Å². The van der Waals surface area contributed by atoms with E-state index in [1.807, 2.05) is 23.2 Å². The lowest BCUT2D eigenvalue weighted by molar-refractivity contribution is -0.133. The average molecular weight is 345 g/mol. The highest BCUT2D eigenvalue weighted by Gasteiger charge is 2.47. The molecule has 4 rings (SSSR count). The van der Waals surface area contributed by atoms with Crippen molar-refractivity contribution in [2.24, 2.45) is 5.92 Å². The number of carbonyl (C=O) groups is 1. The highest BCUT2D eigenvalue weighted by molar-refractivity contribution is 7.12. The molecule has 0 aromatic carbocycles. The molecule has 1 saturated carbocycles. The lowest BCUT2D eigenvalue weighted by atomic mass is 9.97. The number of thiophene rings is 1. The van der Waals surface area contributed by atoms with Crippen LogP contribution in [0.1, 0.15) is 59.5 Å². The van der Waals surface area contributed by atoms with Crippen LogP contribution >= 0.6 is 11.3 Å². The number of amides is 1. The second kappa shape index (κ2) is 6.31. The Balaban J connectivity index is 1.40. The fourth-order valence-corrected chi connectivity index (χ4v) is 4.69. The molecule has 3 heterocycles. The summed E-state index contributed by atoms with van der Waals surface area (Å²) in [7, 11) is 0. The molecule has 2 aromatic heterocycles. The molecule has 1 amide bonds. The molecular weight excluding hydrogens is 322 g/mol. The Morgan fingerprint density at radius 1 is 1.46 bits per heavy atom. The minimum atomic E-state index is 0.179. The SMILES string of the molecule is CCc1nc([C@@H]2CCCN(C(=O)[C@H]3C[C@@H]3c3ccc(C)s3)C2)no1. The molecule has 0 unspecified atom stereocenters. The highest BCUT2D eigenvalue weighted by atomic mass is 32.1. The van der Waals surface area contributed by atoms with Crippen LogP contribution in [0.15, 0.2) is 16.7 Å². The van der Waals surface area contributed by atoms with E-state index in [0.29, 0.717) is 17.7 Å². The minimum Gasteiger partial charge on any atom is -0.342 e. The first-order valence-electron chi connectivity index (χ1n) is 8.83. The summed E-state index contributed by atoms with van der Waals surface area (Å²) in [4.78, 5) is 22.0. The second-order valence-electron chi connectivity index (χ2n) is 6.92. The molecule has 1 aliphatic carbocycles. The Hall–Kier alpha value is -1.69. The molecule has 24 heavy (non-hydrogen) atoms. The van der Waals surface area contributed by atoms with Crippen molar-refractivity contribution in [2.45, 2.75) is 51.4 Å². The fourth-order valence-electron chi connectivity index (χ4n) is 3.64. The van der Waals surface area contributed by atoms with E-state index in [9.17, 15) is 4.79 Å². The second-order valence-corrected chi connectivity index (χ2v) is 8.24. The Kier molecular flexibility index (Phi) is 4.16. The van der Waals surface area contributed by atoms with Crippen LogP contribution in [-0.4, -0.2) is 34.0 Å². The minimum absolute atomic E-state index is 0.179. The average Bonchev–Trinajstić information content (AvgIpc) is 3.04. The van der Waals surface area contributed by atoms with Gasteiger partial charge in [0.1, 0.15) is 0 Å². The fraction of sp³-hybridized carbons (Fsp3) is 0.611. The van der Waals surface area contributed by atoms with Gasteiger partial charge >= 0.3 is 0 Å². The van der Waals surface area contributed by atoms with Gasteiger partial charge in [-0.3, -0.25) is 4.79 Å². The van der Waals surface area contributed by atoms with Gasteiger partial charge in [0.2, 0.25) is 11.8 Å². The summed E-state index contributed by atoms with van der Waals surface area (Å²) >= 11 is 1.83. The molecular formula is C18H23N3O2S. The predicted octanol–water partition coefficient (Wildman–Crippen LogP) is 3.51. The summed E-state index contributed by atoms with van der Waals surface area (Å²) in [6, 6.07) is 4.33. The van der Waals surface area contributed by atoms with Crippen molar-refractivity contribution in [1.29, 1.82) is 0 Å². The molecule has 1 saturated heterocycles. The zero-order valence-electron chi connectivity index (χ0n) is 14.2. The van der Waals surface area contributed by atoms with Gasteiger partial charge in [-0.05, 0) is 38.3 Å². The van der Waals surface area contributed by atoms with E-state index in [1.165, 1.54) is 9.75 Å². The van der Waals surface area contributed by atoms with Gasteiger partial charge in [0.05, 0.1) is 0 Å². The Labute approximate surface area is 146 Å². The molecule has 0 radical (unpaired) electrons. The number of nitrogens with zero attached hydrogens (tertiary/aromatic N) is 3. The standard InChI is InChI=1S/C18H23N3O2S/c1-3-16-19-17(20-23-16)12-5-4-8-21(10-12)18(22)14-9-13(14)15-7-6-11(2)24-15/h6-7,12-14H,3-5,8-10H2,1-2H3/t12-,13+,14+/m1/s1. The first-order valence-corrected chi connectivity index (χ1v) is 9.65. The van der Waals surface area contributed by atoms with Crippen molar-refractivity contribution in [3.05, 3.63) is 33.6 Å². The van der Waals surface area contributed by atoms with Crippen molar-refractivity contribution in [1.82, 2.24) is 15.0 Å². The number of aryl methyl sites for hydroxylation is 2. The van der Waals surface area contributed by atoms with Gasteiger partial charge in [-0.25, -0.2) is 0 Å². The van der Waals surface area contributed by atoms with Gasteiger partial charge in [0.25, 0.3) is 0 Å². The van der Waals surface area contributed by atoms with Crippen molar-refractivity contribution >= 4 is 17.2 Å². The van der Waals surface area contributed by atoms with Crippen LogP contribution in [0.3, 0.4) is 0 Å². The van der Waals surface area contributed by atoms with Crippen molar-refractivity contribution < 1.29 is 9.32 Å². The maximum atomic E-state index is 12.9. The lowest BCUT2D eigenvalue weighted by Gasteiger charge is -2.31. The molecule has 1 aliphatic heterocycles. The predicted molar refractivity (Wildman–Crippen MR) is 92.1 cm³/mol. The molecule has 6 heteroatoms. The normalized spacial score (nSPS) is 26.6. The molecule has 0 spiro atoms.